The zero-order valence-electron chi connectivity index (χ0n) is 24.6. The number of phenols is 2. The van der Waals surface area contributed by atoms with Crippen molar-refractivity contribution >= 4 is 21.0 Å². The lowest BCUT2D eigenvalue weighted by atomic mass is 9.89. The summed E-state index contributed by atoms with van der Waals surface area (Å²) in [6, 6.07) is 12.9. The summed E-state index contributed by atoms with van der Waals surface area (Å²) in [5.74, 6) is -5.32. The predicted octanol–water partition coefficient (Wildman–Crippen LogP) is 8.01. The topological polar surface area (TPSA) is 77.8 Å². The Bertz CT molecular complexity index is 1340. The van der Waals surface area contributed by atoms with Crippen LogP contribution in [0.5, 0.6) is 11.5 Å². The van der Waals surface area contributed by atoms with Crippen LogP contribution in [0.3, 0.4) is 0 Å². The van der Waals surface area contributed by atoms with E-state index < -0.39 is 40.5 Å². The van der Waals surface area contributed by atoms with Crippen LogP contribution in [-0.4, -0.2) is 67.3 Å². The molecule has 0 fully saturated rings. The number of aromatic hydroxyl groups is 2. The number of rotatable bonds is 16. The molecule has 2 aromatic rings. The largest absolute Gasteiger partial charge is 0.508 e. The number of hydrogen-bond acceptors (Lipinski definition) is 5. The minimum atomic E-state index is -5.67. The lowest BCUT2D eigenvalue weighted by Gasteiger charge is -2.19. The van der Waals surface area contributed by atoms with Gasteiger partial charge in [-0.2, -0.15) is 22.0 Å². The van der Waals surface area contributed by atoms with E-state index in [0.717, 1.165) is 74.6 Å². The molecule has 0 aromatic heterocycles. The van der Waals surface area contributed by atoms with Crippen molar-refractivity contribution in [3.8, 4) is 11.5 Å². The molecule has 0 unspecified atom stereocenters. The van der Waals surface area contributed by atoms with Gasteiger partial charge in [-0.1, -0.05) is 31.0 Å². The van der Waals surface area contributed by atoms with Gasteiger partial charge in [-0.3, -0.25) is 0 Å². The molecule has 2 aromatic carbocycles. The molecule has 0 saturated carbocycles. The fourth-order valence-electron chi connectivity index (χ4n) is 5.61. The molecule has 0 aliphatic heterocycles. The van der Waals surface area contributed by atoms with Crippen molar-refractivity contribution in [1.82, 2.24) is 4.90 Å². The maximum absolute atomic E-state index is 13.0. The van der Waals surface area contributed by atoms with Crippen LogP contribution in [0.15, 0.2) is 42.5 Å². The van der Waals surface area contributed by atoms with Crippen LogP contribution in [0.2, 0.25) is 0 Å². The first-order valence-corrected chi connectivity index (χ1v) is 16.7. The number of sulfone groups is 1. The zero-order chi connectivity index (χ0) is 31.7. The van der Waals surface area contributed by atoms with Crippen molar-refractivity contribution in [2.75, 3.05) is 31.6 Å². The number of allylic oxidation sites excluding steroid dienone is 2. The summed E-state index contributed by atoms with van der Waals surface area (Å²) in [4.78, 5) is 2.00. The van der Waals surface area contributed by atoms with E-state index in [9.17, 15) is 40.6 Å². The molecule has 5 nitrogen and oxygen atoms in total. The summed E-state index contributed by atoms with van der Waals surface area (Å²) in [6.07, 6.45) is -0.211. The molecular weight excluding hydrogens is 589 g/mol. The standard InChI is InChI=1S/C32H42F5NO4S/c1-38(19-9-21-43(41,42)20-8-17-31(33,34)32(35,36)37)18-5-3-2-4-13-30-28(24-10-6-12-26(39)22-24)14-7-11-25-23-27(40)15-16-29(25)30/h6,10,12,15-16,22-23,39-40H,2-5,7-9,11,13-14,17-21H2,1H3. The van der Waals surface area contributed by atoms with E-state index in [4.69, 9.17) is 0 Å². The first-order valence-electron chi connectivity index (χ1n) is 14.9. The Kier molecular flexibility index (Phi) is 12.4. The number of benzene rings is 2. The molecule has 11 heteroatoms. The second-order valence-electron chi connectivity index (χ2n) is 11.5. The number of phenolic OH excluding ortho intramolecular Hbond substituents is 2. The highest BCUT2D eigenvalue weighted by Crippen LogP contribution is 2.41. The third kappa shape index (κ3) is 10.8. The maximum Gasteiger partial charge on any atom is 0.453 e. The van der Waals surface area contributed by atoms with Gasteiger partial charge in [-0.15, -0.1) is 0 Å². The molecule has 3 rings (SSSR count). The lowest BCUT2D eigenvalue weighted by molar-refractivity contribution is -0.284. The van der Waals surface area contributed by atoms with Crippen molar-refractivity contribution in [2.24, 2.45) is 0 Å². The van der Waals surface area contributed by atoms with E-state index in [0.29, 0.717) is 6.54 Å². The van der Waals surface area contributed by atoms with Crippen molar-refractivity contribution < 1.29 is 40.6 Å². The van der Waals surface area contributed by atoms with Crippen LogP contribution < -0.4 is 0 Å². The Morgan fingerprint density at radius 2 is 1.49 bits per heavy atom. The maximum atomic E-state index is 13.0. The second-order valence-corrected chi connectivity index (χ2v) is 13.8. The van der Waals surface area contributed by atoms with Crippen molar-refractivity contribution in [3.05, 3.63) is 59.2 Å². The van der Waals surface area contributed by atoms with Crippen LogP contribution in [-0.2, 0) is 16.3 Å². The molecule has 0 bridgehead atoms. The highest BCUT2D eigenvalue weighted by molar-refractivity contribution is 7.91. The fraction of sp³-hybridized carbons (Fsp3) is 0.562. The fourth-order valence-corrected chi connectivity index (χ4v) is 6.97. The van der Waals surface area contributed by atoms with Gasteiger partial charge in [0.25, 0.3) is 0 Å². The highest BCUT2D eigenvalue weighted by atomic mass is 32.2. The van der Waals surface area contributed by atoms with Gasteiger partial charge in [0, 0.05) is 6.42 Å². The molecule has 240 valence electrons. The van der Waals surface area contributed by atoms with Crippen molar-refractivity contribution in [1.29, 1.82) is 0 Å². The first-order chi connectivity index (χ1) is 20.2. The number of fused-ring (bicyclic) bond motifs is 1. The highest BCUT2D eigenvalue weighted by Gasteiger charge is 2.56. The van der Waals surface area contributed by atoms with Crippen molar-refractivity contribution in [2.45, 2.75) is 82.7 Å². The number of unbranched alkanes of at least 4 members (excludes halogenated alkanes) is 3. The summed E-state index contributed by atoms with van der Waals surface area (Å²) < 4.78 is 86.9. The lowest BCUT2D eigenvalue weighted by Crippen LogP contribution is -2.36. The van der Waals surface area contributed by atoms with E-state index in [1.807, 2.05) is 36.2 Å². The molecule has 1 aliphatic carbocycles. The summed E-state index contributed by atoms with van der Waals surface area (Å²) in [5, 5.41) is 20.1. The first kappa shape index (κ1) is 34.8. The van der Waals surface area contributed by atoms with Crippen molar-refractivity contribution in [3.63, 3.8) is 0 Å². The molecule has 0 spiro atoms. The van der Waals surface area contributed by atoms with Gasteiger partial charge in [0.2, 0.25) is 0 Å². The molecular formula is C32H42F5NO4S. The zero-order valence-corrected chi connectivity index (χ0v) is 25.4. The van der Waals surface area contributed by atoms with Gasteiger partial charge in [0.05, 0.1) is 11.5 Å². The summed E-state index contributed by atoms with van der Waals surface area (Å²) >= 11 is 0. The third-order valence-corrected chi connectivity index (χ3v) is 9.74. The van der Waals surface area contributed by atoms with E-state index in [1.54, 1.807) is 18.2 Å². The van der Waals surface area contributed by atoms with Crippen LogP contribution in [0.4, 0.5) is 22.0 Å². The van der Waals surface area contributed by atoms with Crippen LogP contribution >= 0.6 is 0 Å². The monoisotopic (exact) mass is 631 g/mol. The second kappa shape index (κ2) is 15.4. The smallest absolute Gasteiger partial charge is 0.453 e. The minimum absolute atomic E-state index is 0.229. The van der Waals surface area contributed by atoms with E-state index in [1.165, 1.54) is 11.1 Å². The molecule has 0 amide bonds. The Hall–Kier alpha value is -2.66. The Morgan fingerprint density at radius 1 is 0.814 bits per heavy atom. The summed E-state index contributed by atoms with van der Waals surface area (Å²) in [7, 11) is -1.83. The molecule has 0 heterocycles. The molecule has 1 aliphatic rings. The normalized spacial score (nSPS) is 14.7. The summed E-state index contributed by atoms with van der Waals surface area (Å²) in [5.41, 5.74) is 5.77. The SMILES string of the molecule is CN(CCCCCCC1=C(c2cccc(O)c2)CCCc2cc(O)ccc21)CCCS(=O)(=O)CCCC(F)(F)C(F)(F)F. The van der Waals surface area contributed by atoms with Gasteiger partial charge in [-0.05, 0) is 124 Å². The number of halogens is 5. The van der Waals surface area contributed by atoms with Gasteiger partial charge < -0.3 is 15.1 Å². The van der Waals surface area contributed by atoms with Crippen LogP contribution in [0.25, 0.3) is 11.1 Å². The average Bonchev–Trinajstić information content (AvgIpc) is 3.08. The van der Waals surface area contributed by atoms with E-state index in [-0.39, 0.29) is 23.7 Å². The van der Waals surface area contributed by atoms with Gasteiger partial charge >= 0.3 is 12.1 Å². The molecule has 2 N–H and O–H groups in total. The minimum Gasteiger partial charge on any atom is -0.508 e. The molecule has 0 radical (unpaired) electrons. The number of hydrogen-bond donors (Lipinski definition) is 2. The quantitative estimate of drug-likeness (QED) is 0.145. The molecule has 43 heavy (non-hydrogen) atoms. The Labute approximate surface area is 251 Å². The molecule has 0 atom stereocenters. The Morgan fingerprint density at radius 3 is 2.21 bits per heavy atom. The van der Waals surface area contributed by atoms with Crippen LogP contribution in [0.1, 0.15) is 80.9 Å². The van der Waals surface area contributed by atoms with Crippen LogP contribution in [0, 0.1) is 0 Å². The number of alkyl halides is 5. The van der Waals surface area contributed by atoms with Gasteiger partial charge in [0.1, 0.15) is 21.3 Å². The number of nitrogens with zero attached hydrogens (tertiary/aromatic N) is 1. The summed E-state index contributed by atoms with van der Waals surface area (Å²) in [6.45, 7) is 1.25. The van der Waals surface area contributed by atoms with E-state index >= 15 is 0 Å². The average molecular weight is 632 g/mol. The van der Waals surface area contributed by atoms with Gasteiger partial charge in [0.15, 0.2) is 0 Å². The number of aryl methyl sites for hydroxylation is 1. The van der Waals surface area contributed by atoms with E-state index in [2.05, 4.69) is 0 Å². The molecule has 0 saturated heterocycles. The Balaban J connectivity index is 1.43. The third-order valence-electron chi connectivity index (χ3n) is 7.92. The van der Waals surface area contributed by atoms with Gasteiger partial charge in [-0.25, -0.2) is 8.42 Å². The predicted molar refractivity (Wildman–Crippen MR) is 160 cm³/mol.